The number of pyridine rings is 1. The highest BCUT2D eigenvalue weighted by atomic mass is 16.5. The molecule has 27 heavy (non-hydrogen) atoms. The molecule has 0 bridgehead atoms. The van der Waals surface area contributed by atoms with Crippen molar-refractivity contribution in [2.45, 2.75) is 31.4 Å². The average molecular weight is 362 g/mol. The molecule has 5 nitrogen and oxygen atoms in total. The minimum absolute atomic E-state index is 0.0244. The van der Waals surface area contributed by atoms with Crippen LogP contribution in [0.2, 0.25) is 0 Å². The first-order chi connectivity index (χ1) is 13.1. The van der Waals surface area contributed by atoms with Crippen molar-refractivity contribution in [2.24, 2.45) is 17.8 Å². The van der Waals surface area contributed by atoms with E-state index in [2.05, 4.69) is 4.98 Å². The fourth-order valence-corrected chi connectivity index (χ4v) is 5.19. The van der Waals surface area contributed by atoms with E-state index in [1.807, 2.05) is 43.4 Å². The molecule has 1 amide bonds. The van der Waals surface area contributed by atoms with E-state index in [9.17, 15) is 9.59 Å². The summed E-state index contributed by atoms with van der Waals surface area (Å²) in [6.45, 7) is 0.576. The molecule has 1 aliphatic heterocycles. The number of carbonyl (C=O) groups is 2. The molecule has 2 fully saturated rings. The molecule has 4 atom stereocenters. The van der Waals surface area contributed by atoms with Gasteiger partial charge in [-0.1, -0.05) is 12.1 Å². The third-order valence-electron chi connectivity index (χ3n) is 6.47. The van der Waals surface area contributed by atoms with E-state index in [1.165, 1.54) is 0 Å². The SMILES string of the molecule is CN(Cc1ccncc1)C(=O)[C@H]1[C@H]2CC[C@@]3(CC(=O)c4ccccc4O3)[C@@H]21. The van der Waals surface area contributed by atoms with Gasteiger partial charge in [0.05, 0.1) is 12.0 Å². The molecule has 2 saturated carbocycles. The smallest absolute Gasteiger partial charge is 0.226 e. The number of ketones is 1. The molecule has 0 unspecified atom stereocenters. The van der Waals surface area contributed by atoms with E-state index in [-0.39, 0.29) is 23.5 Å². The second-order valence-electron chi connectivity index (χ2n) is 8.07. The number of hydrogen-bond donors (Lipinski definition) is 0. The Morgan fingerprint density at radius 1 is 1.26 bits per heavy atom. The normalized spacial score (nSPS) is 30.4. The number of benzene rings is 1. The molecule has 2 aromatic rings. The van der Waals surface area contributed by atoms with Gasteiger partial charge in [-0.15, -0.1) is 0 Å². The van der Waals surface area contributed by atoms with Gasteiger partial charge in [-0.2, -0.15) is 0 Å². The quantitative estimate of drug-likeness (QED) is 0.842. The Bertz CT molecular complexity index is 913. The predicted molar refractivity (Wildman–Crippen MR) is 99.2 cm³/mol. The molecule has 5 rings (SSSR count). The lowest BCUT2D eigenvalue weighted by Gasteiger charge is -2.37. The first-order valence-corrected chi connectivity index (χ1v) is 9.54. The van der Waals surface area contributed by atoms with Crippen molar-refractivity contribution < 1.29 is 14.3 Å². The average Bonchev–Trinajstić information content (AvgIpc) is 3.32. The largest absolute Gasteiger partial charge is 0.486 e. The maximum atomic E-state index is 13.0. The Balaban J connectivity index is 1.34. The lowest BCUT2D eigenvalue weighted by molar-refractivity contribution is -0.133. The summed E-state index contributed by atoms with van der Waals surface area (Å²) in [4.78, 5) is 31.5. The number of rotatable bonds is 3. The molecule has 1 aromatic heterocycles. The van der Waals surface area contributed by atoms with E-state index in [1.54, 1.807) is 17.3 Å². The van der Waals surface area contributed by atoms with Gasteiger partial charge >= 0.3 is 0 Å². The van der Waals surface area contributed by atoms with Gasteiger partial charge in [-0.3, -0.25) is 14.6 Å². The van der Waals surface area contributed by atoms with Crippen molar-refractivity contribution in [3.63, 3.8) is 0 Å². The number of ether oxygens (including phenoxy) is 1. The maximum Gasteiger partial charge on any atom is 0.226 e. The summed E-state index contributed by atoms with van der Waals surface area (Å²) < 4.78 is 6.38. The third-order valence-corrected chi connectivity index (χ3v) is 6.47. The van der Waals surface area contributed by atoms with Gasteiger partial charge in [0.1, 0.15) is 11.4 Å². The number of para-hydroxylation sites is 1. The molecule has 0 N–H and O–H groups in total. The zero-order valence-corrected chi connectivity index (χ0v) is 15.3. The predicted octanol–water partition coefficient (Wildman–Crippen LogP) is 3.10. The second-order valence-corrected chi connectivity index (χ2v) is 8.07. The Labute approximate surface area is 158 Å². The number of fused-ring (bicyclic) bond motifs is 3. The molecule has 0 saturated heterocycles. The summed E-state index contributed by atoms with van der Waals surface area (Å²) in [6.07, 6.45) is 5.70. The first-order valence-electron chi connectivity index (χ1n) is 9.54. The molecule has 0 radical (unpaired) electrons. The number of nitrogens with zero attached hydrogens (tertiary/aromatic N) is 2. The number of carbonyl (C=O) groups excluding carboxylic acids is 2. The van der Waals surface area contributed by atoms with Crippen LogP contribution in [-0.4, -0.2) is 34.2 Å². The van der Waals surface area contributed by atoms with E-state index >= 15 is 0 Å². The van der Waals surface area contributed by atoms with Crippen molar-refractivity contribution >= 4 is 11.7 Å². The molecule has 5 heteroatoms. The molecule has 1 spiro atoms. The van der Waals surface area contributed by atoms with Crippen LogP contribution in [0.5, 0.6) is 5.75 Å². The number of aromatic nitrogens is 1. The van der Waals surface area contributed by atoms with Crippen LogP contribution in [-0.2, 0) is 11.3 Å². The van der Waals surface area contributed by atoms with Crippen LogP contribution >= 0.6 is 0 Å². The lowest BCUT2D eigenvalue weighted by atomic mass is 9.84. The van der Waals surface area contributed by atoms with Crippen molar-refractivity contribution in [1.82, 2.24) is 9.88 Å². The Hall–Kier alpha value is -2.69. The number of Topliss-reactive ketones (excluding diaryl/α,β-unsaturated/α-hetero) is 1. The van der Waals surface area contributed by atoms with E-state index in [0.29, 0.717) is 30.2 Å². The summed E-state index contributed by atoms with van der Waals surface area (Å²) in [6, 6.07) is 11.3. The fourth-order valence-electron chi connectivity index (χ4n) is 5.19. The standard InChI is InChI=1S/C22H22N2O3/c1-24(13-14-7-10-23-11-8-14)21(26)19-16-6-9-22(20(16)19)12-17(25)15-4-2-3-5-18(15)27-22/h2-5,7-8,10-11,16,19-20H,6,9,12-13H2,1H3/t16-,19+,20+,22-/m1/s1. The van der Waals surface area contributed by atoms with Crippen LogP contribution in [0.1, 0.15) is 35.2 Å². The Morgan fingerprint density at radius 2 is 2.04 bits per heavy atom. The van der Waals surface area contributed by atoms with Crippen LogP contribution in [0.25, 0.3) is 0 Å². The minimum atomic E-state index is -0.492. The summed E-state index contributed by atoms with van der Waals surface area (Å²) >= 11 is 0. The van der Waals surface area contributed by atoms with Crippen molar-refractivity contribution in [3.8, 4) is 5.75 Å². The van der Waals surface area contributed by atoms with Gasteiger partial charge in [-0.25, -0.2) is 0 Å². The van der Waals surface area contributed by atoms with Gasteiger partial charge in [0.15, 0.2) is 5.78 Å². The summed E-state index contributed by atoms with van der Waals surface area (Å²) in [5.74, 6) is 1.45. The highest BCUT2D eigenvalue weighted by Gasteiger charge is 2.70. The minimum Gasteiger partial charge on any atom is -0.486 e. The Kier molecular flexibility index (Phi) is 3.61. The summed E-state index contributed by atoms with van der Waals surface area (Å²) in [5.41, 5.74) is 1.25. The molecule has 3 aliphatic rings. The highest BCUT2D eigenvalue weighted by Crippen LogP contribution is 2.66. The van der Waals surface area contributed by atoms with Gasteiger partial charge in [0, 0.05) is 37.8 Å². The van der Waals surface area contributed by atoms with Crippen LogP contribution in [0.3, 0.4) is 0 Å². The zero-order chi connectivity index (χ0) is 18.6. The molecular weight excluding hydrogens is 340 g/mol. The first kappa shape index (κ1) is 16.5. The van der Waals surface area contributed by atoms with E-state index in [4.69, 9.17) is 4.74 Å². The topological polar surface area (TPSA) is 59.5 Å². The van der Waals surface area contributed by atoms with Crippen LogP contribution in [0.4, 0.5) is 0 Å². The zero-order valence-electron chi connectivity index (χ0n) is 15.3. The molecule has 2 heterocycles. The second kappa shape index (κ2) is 5.91. The lowest BCUT2D eigenvalue weighted by Crippen LogP contribution is -2.44. The highest BCUT2D eigenvalue weighted by molar-refractivity contribution is 6.00. The molecule has 1 aromatic carbocycles. The summed E-state index contributed by atoms with van der Waals surface area (Å²) in [7, 11) is 1.85. The van der Waals surface area contributed by atoms with Gasteiger partial charge in [-0.05, 0) is 48.6 Å². The molecular formula is C22H22N2O3. The fraction of sp³-hybridized carbons (Fsp3) is 0.409. The van der Waals surface area contributed by atoms with Crippen molar-refractivity contribution in [1.29, 1.82) is 0 Å². The van der Waals surface area contributed by atoms with Crippen LogP contribution in [0, 0.1) is 17.8 Å². The van der Waals surface area contributed by atoms with Crippen LogP contribution < -0.4 is 4.74 Å². The van der Waals surface area contributed by atoms with E-state index < -0.39 is 5.60 Å². The van der Waals surface area contributed by atoms with Gasteiger partial charge in [0.2, 0.25) is 5.91 Å². The monoisotopic (exact) mass is 362 g/mol. The van der Waals surface area contributed by atoms with Crippen LogP contribution in [0.15, 0.2) is 48.8 Å². The molecule has 2 aliphatic carbocycles. The third kappa shape index (κ3) is 2.56. The summed E-state index contributed by atoms with van der Waals surface area (Å²) in [5, 5.41) is 0. The van der Waals surface area contributed by atoms with E-state index in [0.717, 1.165) is 18.4 Å². The number of amides is 1. The molecule has 138 valence electrons. The maximum absolute atomic E-state index is 13.0. The number of hydrogen-bond acceptors (Lipinski definition) is 4. The van der Waals surface area contributed by atoms with Crippen molar-refractivity contribution in [3.05, 3.63) is 59.9 Å². The van der Waals surface area contributed by atoms with Gasteiger partial charge < -0.3 is 9.64 Å². The van der Waals surface area contributed by atoms with Crippen molar-refractivity contribution in [2.75, 3.05) is 7.05 Å². The Morgan fingerprint density at radius 3 is 2.85 bits per heavy atom. The van der Waals surface area contributed by atoms with Gasteiger partial charge in [0.25, 0.3) is 0 Å².